The van der Waals surface area contributed by atoms with Crippen molar-refractivity contribution in [2.24, 2.45) is 0 Å². The molecule has 0 spiro atoms. The lowest BCUT2D eigenvalue weighted by Crippen LogP contribution is -2.04. The van der Waals surface area contributed by atoms with Crippen LogP contribution in [0.25, 0.3) is 0 Å². The molecule has 0 saturated carbocycles. The summed E-state index contributed by atoms with van der Waals surface area (Å²) in [6.45, 7) is 2.25. The van der Waals surface area contributed by atoms with Crippen molar-refractivity contribution < 1.29 is 15.0 Å². The summed E-state index contributed by atoms with van der Waals surface area (Å²) in [5, 5.41) is 18.6. The fourth-order valence-corrected chi connectivity index (χ4v) is 3.25. The maximum absolute atomic E-state index is 10.4. The highest BCUT2D eigenvalue weighted by molar-refractivity contribution is 5.66. The van der Waals surface area contributed by atoms with Crippen LogP contribution < -0.4 is 0 Å². The van der Waals surface area contributed by atoms with Crippen molar-refractivity contribution in [3.63, 3.8) is 0 Å². The minimum Gasteiger partial charge on any atom is -0.481 e. The molecular formula is C23H44O3. The minimum atomic E-state index is -0.680. The molecule has 0 aliphatic carbocycles. The van der Waals surface area contributed by atoms with E-state index in [1.807, 2.05) is 0 Å². The first-order chi connectivity index (χ1) is 12.7. The SMILES string of the molecule is CCCCCCCCC=CCC(O)CCCCCCCCCCC(=O)O. The molecule has 0 radical (unpaired) electrons. The standard InChI is InChI=1S/C23H44O3/c1-2-3-4-5-6-7-10-13-16-19-22(24)20-17-14-11-8-9-12-15-18-21-23(25)26/h13,16,22,24H,2-12,14-15,17-21H2,1H3,(H,25,26). The Morgan fingerprint density at radius 1 is 0.769 bits per heavy atom. The lowest BCUT2D eigenvalue weighted by molar-refractivity contribution is -0.137. The second kappa shape index (κ2) is 20.5. The van der Waals surface area contributed by atoms with E-state index in [0.29, 0.717) is 6.42 Å². The molecular weight excluding hydrogens is 324 g/mol. The third-order valence-electron chi connectivity index (χ3n) is 4.98. The monoisotopic (exact) mass is 368 g/mol. The molecule has 0 amide bonds. The Kier molecular flexibility index (Phi) is 19.8. The first-order valence-electron chi connectivity index (χ1n) is 11.2. The van der Waals surface area contributed by atoms with E-state index in [0.717, 1.165) is 44.9 Å². The number of carbonyl (C=O) groups is 1. The van der Waals surface area contributed by atoms with E-state index in [2.05, 4.69) is 19.1 Å². The Morgan fingerprint density at radius 2 is 1.31 bits per heavy atom. The van der Waals surface area contributed by atoms with Gasteiger partial charge in [-0.15, -0.1) is 0 Å². The molecule has 1 atom stereocenters. The molecule has 0 bridgehead atoms. The van der Waals surface area contributed by atoms with E-state index in [9.17, 15) is 9.90 Å². The van der Waals surface area contributed by atoms with E-state index in [4.69, 9.17) is 5.11 Å². The lowest BCUT2D eigenvalue weighted by atomic mass is 10.0. The summed E-state index contributed by atoms with van der Waals surface area (Å²) in [4.78, 5) is 10.4. The van der Waals surface area contributed by atoms with Gasteiger partial charge in [0.05, 0.1) is 6.10 Å². The molecule has 2 N–H and O–H groups in total. The quantitative estimate of drug-likeness (QED) is 0.179. The highest BCUT2D eigenvalue weighted by Gasteiger charge is 2.01. The third-order valence-corrected chi connectivity index (χ3v) is 4.98. The molecule has 3 nitrogen and oxygen atoms in total. The highest BCUT2D eigenvalue weighted by Crippen LogP contribution is 2.13. The molecule has 0 aromatic rings. The van der Waals surface area contributed by atoms with Crippen molar-refractivity contribution in [1.82, 2.24) is 0 Å². The maximum Gasteiger partial charge on any atom is 0.303 e. The Morgan fingerprint density at radius 3 is 1.92 bits per heavy atom. The molecule has 1 unspecified atom stereocenters. The number of hydrogen-bond donors (Lipinski definition) is 2. The van der Waals surface area contributed by atoms with Gasteiger partial charge in [-0.3, -0.25) is 4.79 Å². The Bertz CT molecular complexity index is 325. The van der Waals surface area contributed by atoms with Crippen LogP contribution in [0.15, 0.2) is 12.2 Å². The molecule has 0 aromatic heterocycles. The highest BCUT2D eigenvalue weighted by atomic mass is 16.4. The van der Waals surface area contributed by atoms with Gasteiger partial charge in [0.1, 0.15) is 0 Å². The van der Waals surface area contributed by atoms with Crippen LogP contribution in [0.3, 0.4) is 0 Å². The lowest BCUT2D eigenvalue weighted by Gasteiger charge is -2.07. The Labute approximate surface area is 162 Å². The number of allylic oxidation sites excluding steroid dienone is 1. The van der Waals surface area contributed by atoms with Crippen molar-refractivity contribution in [3.05, 3.63) is 12.2 Å². The fraction of sp³-hybridized carbons (Fsp3) is 0.870. The van der Waals surface area contributed by atoms with Gasteiger partial charge in [-0.1, -0.05) is 96.1 Å². The summed E-state index contributed by atoms with van der Waals surface area (Å²) >= 11 is 0. The summed E-state index contributed by atoms with van der Waals surface area (Å²) in [6.07, 6.45) is 24.5. The summed E-state index contributed by atoms with van der Waals surface area (Å²) in [7, 11) is 0. The number of aliphatic carboxylic acids is 1. The van der Waals surface area contributed by atoms with Crippen LogP contribution in [-0.2, 0) is 4.79 Å². The van der Waals surface area contributed by atoms with E-state index in [-0.39, 0.29) is 6.10 Å². The van der Waals surface area contributed by atoms with Crippen molar-refractivity contribution in [2.45, 2.75) is 129 Å². The number of rotatable bonds is 20. The van der Waals surface area contributed by atoms with Crippen molar-refractivity contribution in [3.8, 4) is 0 Å². The third kappa shape index (κ3) is 21.2. The molecule has 0 aliphatic rings. The fourth-order valence-electron chi connectivity index (χ4n) is 3.25. The Hall–Kier alpha value is -0.830. The molecule has 154 valence electrons. The summed E-state index contributed by atoms with van der Waals surface area (Å²) in [5.41, 5.74) is 0. The van der Waals surface area contributed by atoms with Crippen molar-refractivity contribution in [1.29, 1.82) is 0 Å². The molecule has 3 heteroatoms. The van der Waals surface area contributed by atoms with E-state index < -0.39 is 5.97 Å². The molecule has 26 heavy (non-hydrogen) atoms. The van der Waals surface area contributed by atoms with Gasteiger partial charge in [0.25, 0.3) is 0 Å². The van der Waals surface area contributed by atoms with Gasteiger partial charge in [0.15, 0.2) is 0 Å². The maximum atomic E-state index is 10.4. The summed E-state index contributed by atoms with van der Waals surface area (Å²) < 4.78 is 0. The number of carboxylic acid groups (broad SMARTS) is 1. The number of aliphatic hydroxyl groups excluding tert-OH is 1. The van der Waals surface area contributed by atoms with Gasteiger partial charge in [-0.2, -0.15) is 0 Å². The van der Waals surface area contributed by atoms with E-state index >= 15 is 0 Å². The Balaban J connectivity index is 3.25. The van der Waals surface area contributed by atoms with Crippen molar-refractivity contribution >= 4 is 5.97 Å². The summed E-state index contributed by atoms with van der Waals surface area (Å²) in [6, 6.07) is 0. The molecule has 0 rings (SSSR count). The van der Waals surface area contributed by atoms with Gasteiger partial charge < -0.3 is 10.2 Å². The van der Waals surface area contributed by atoms with Crippen LogP contribution >= 0.6 is 0 Å². The second-order valence-corrected chi connectivity index (χ2v) is 7.68. The van der Waals surface area contributed by atoms with E-state index in [1.54, 1.807) is 0 Å². The van der Waals surface area contributed by atoms with Crippen LogP contribution in [0, 0.1) is 0 Å². The number of aliphatic hydroxyl groups is 1. The predicted octanol–water partition coefficient (Wildman–Crippen LogP) is 7.03. The van der Waals surface area contributed by atoms with Gasteiger partial charge in [0.2, 0.25) is 0 Å². The van der Waals surface area contributed by atoms with E-state index in [1.165, 1.54) is 64.2 Å². The molecule has 0 aliphatic heterocycles. The normalized spacial score (nSPS) is 12.7. The number of unbranched alkanes of at least 4 members (excludes halogenated alkanes) is 13. The largest absolute Gasteiger partial charge is 0.481 e. The van der Waals surface area contributed by atoms with Crippen LogP contribution in [0.5, 0.6) is 0 Å². The van der Waals surface area contributed by atoms with Gasteiger partial charge in [-0.05, 0) is 32.1 Å². The van der Waals surface area contributed by atoms with Crippen LogP contribution in [0.1, 0.15) is 122 Å². The van der Waals surface area contributed by atoms with Crippen molar-refractivity contribution in [2.75, 3.05) is 0 Å². The zero-order valence-corrected chi connectivity index (χ0v) is 17.3. The molecule has 0 fully saturated rings. The summed E-state index contributed by atoms with van der Waals surface area (Å²) in [5.74, 6) is -0.680. The predicted molar refractivity (Wildman–Crippen MR) is 112 cm³/mol. The smallest absolute Gasteiger partial charge is 0.303 e. The number of carboxylic acids is 1. The van der Waals surface area contributed by atoms with Crippen LogP contribution in [0.4, 0.5) is 0 Å². The average Bonchev–Trinajstić information content (AvgIpc) is 2.61. The molecule has 0 aromatic carbocycles. The first kappa shape index (κ1) is 25.2. The average molecular weight is 369 g/mol. The van der Waals surface area contributed by atoms with Gasteiger partial charge in [-0.25, -0.2) is 0 Å². The minimum absolute atomic E-state index is 0.174. The zero-order valence-electron chi connectivity index (χ0n) is 17.3. The van der Waals surface area contributed by atoms with Crippen LogP contribution in [0.2, 0.25) is 0 Å². The first-order valence-corrected chi connectivity index (χ1v) is 11.2. The second-order valence-electron chi connectivity index (χ2n) is 7.68. The van der Waals surface area contributed by atoms with Gasteiger partial charge in [0, 0.05) is 6.42 Å². The number of hydrogen-bond acceptors (Lipinski definition) is 2. The van der Waals surface area contributed by atoms with Crippen LogP contribution in [-0.4, -0.2) is 22.3 Å². The zero-order chi connectivity index (χ0) is 19.3. The topological polar surface area (TPSA) is 57.5 Å². The van der Waals surface area contributed by atoms with Gasteiger partial charge >= 0.3 is 5.97 Å². The molecule has 0 heterocycles. The molecule has 0 saturated heterocycles.